The summed E-state index contributed by atoms with van der Waals surface area (Å²) < 4.78 is 17.1. The van der Waals surface area contributed by atoms with E-state index < -0.39 is 0 Å². The highest BCUT2D eigenvalue weighted by Gasteiger charge is 2.39. The summed E-state index contributed by atoms with van der Waals surface area (Å²) in [5.74, 6) is 0.388. The Bertz CT molecular complexity index is 1060. The number of rotatable bonds is 7. The summed E-state index contributed by atoms with van der Waals surface area (Å²) in [6, 6.07) is 9.10. The number of pyridine rings is 1. The number of ether oxygens (including phenoxy) is 3. The van der Waals surface area contributed by atoms with Gasteiger partial charge >= 0.3 is 6.09 Å². The molecule has 10 heteroatoms. The maximum atomic E-state index is 12.9. The van der Waals surface area contributed by atoms with Crippen LogP contribution in [0.4, 0.5) is 4.79 Å². The van der Waals surface area contributed by atoms with Crippen LogP contribution in [0.15, 0.2) is 36.5 Å². The number of benzene rings is 1. The summed E-state index contributed by atoms with van der Waals surface area (Å²) in [7, 11) is 0. The second-order valence-electron chi connectivity index (χ2n) is 9.06. The van der Waals surface area contributed by atoms with Crippen molar-refractivity contribution in [2.45, 2.75) is 38.1 Å². The van der Waals surface area contributed by atoms with E-state index >= 15 is 0 Å². The molecule has 35 heavy (non-hydrogen) atoms. The number of halogens is 1. The van der Waals surface area contributed by atoms with E-state index in [-0.39, 0.29) is 24.1 Å². The first-order chi connectivity index (χ1) is 17.0. The van der Waals surface area contributed by atoms with E-state index in [1.165, 1.54) is 0 Å². The Balaban J connectivity index is 1.30. The Morgan fingerprint density at radius 3 is 2.80 bits per heavy atom. The van der Waals surface area contributed by atoms with E-state index in [1.54, 1.807) is 29.3 Å². The van der Waals surface area contributed by atoms with Gasteiger partial charge in [-0.3, -0.25) is 14.7 Å². The molecule has 0 unspecified atom stereocenters. The molecule has 0 radical (unpaired) electrons. The number of hydrogen-bond acceptors (Lipinski definition) is 7. The number of hydrogen-bond donors (Lipinski definition) is 1. The van der Waals surface area contributed by atoms with Gasteiger partial charge in [0.1, 0.15) is 24.2 Å². The average molecular weight is 501 g/mol. The van der Waals surface area contributed by atoms with Crippen LogP contribution in [0.5, 0.6) is 5.75 Å². The molecule has 1 aromatic carbocycles. The van der Waals surface area contributed by atoms with Crippen molar-refractivity contribution in [2.24, 2.45) is 0 Å². The summed E-state index contributed by atoms with van der Waals surface area (Å²) in [6.45, 7) is 5.11. The number of carbonyl (C=O) groups is 2. The Morgan fingerprint density at radius 1 is 1.20 bits per heavy atom. The van der Waals surface area contributed by atoms with Crippen LogP contribution in [0, 0.1) is 0 Å². The number of morpholine rings is 1. The third-order valence-electron chi connectivity index (χ3n) is 6.64. The van der Waals surface area contributed by atoms with Crippen LogP contribution in [-0.4, -0.2) is 78.4 Å². The number of nitrogens with zero attached hydrogens (tertiary/aromatic N) is 3. The van der Waals surface area contributed by atoms with Gasteiger partial charge in [0, 0.05) is 68.4 Å². The minimum atomic E-state index is -0.271. The second-order valence-corrected chi connectivity index (χ2v) is 9.50. The van der Waals surface area contributed by atoms with Gasteiger partial charge in [-0.1, -0.05) is 23.7 Å². The summed E-state index contributed by atoms with van der Waals surface area (Å²) in [5, 5.41) is 3.57. The lowest BCUT2D eigenvalue weighted by molar-refractivity contribution is 0.0330. The maximum absolute atomic E-state index is 12.9. The molecule has 2 atom stereocenters. The van der Waals surface area contributed by atoms with E-state index in [9.17, 15) is 9.59 Å². The minimum absolute atomic E-state index is 0.0351. The van der Waals surface area contributed by atoms with Gasteiger partial charge in [0.15, 0.2) is 0 Å². The van der Waals surface area contributed by atoms with Crippen molar-refractivity contribution in [1.29, 1.82) is 0 Å². The van der Waals surface area contributed by atoms with Crippen molar-refractivity contribution in [3.05, 3.63) is 58.4 Å². The van der Waals surface area contributed by atoms with Crippen LogP contribution in [0.2, 0.25) is 5.02 Å². The molecule has 3 fully saturated rings. The first kappa shape index (κ1) is 23.8. The lowest BCUT2D eigenvalue weighted by Gasteiger charge is -2.33. The molecular formula is C25H29ClN4O5. The van der Waals surface area contributed by atoms with Crippen LogP contribution in [0.1, 0.15) is 34.5 Å². The fourth-order valence-corrected chi connectivity index (χ4v) is 4.77. The van der Waals surface area contributed by atoms with Crippen molar-refractivity contribution in [3.8, 4) is 5.75 Å². The summed E-state index contributed by atoms with van der Waals surface area (Å²) >= 11 is 5.94. The molecule has 3 saturated heterocycles. The van der Waals surface area contributed by atoms with Crippen LogP contribution in [-0.2, 0) is 22.6 Å². The van der Waals surface area contributed by atoms with Crippen LogP contribution in [0.25, 0.3) is 0 Å². The number of aromatic nitrogens is 1. The van der Waals surface area contributed by atoms with E-state index in [0.717, 1.165) is 24.2 Å². The zero-order valence-electron chi connectivity index (χ0n) is 19.5. The largest absolute Gasteiger partial charge is 0.490 e. The molecule has 186 valence electrons. The van der Waals surface area contributed by atoms with Crippen molar-refractivity contribution in [2.75, 3.05) is 39.5 Å². The number of cyclic esters (lactones) is 1. The van der Waals surface area contributed by atoms with Gasteiger partial charge in [-0.25, -0.2) is 4.79 Å². The predicted molar refractivity (Wildman–Crippen MR) is 128 cm³/mol. The third kappa shape index (κ3) is 5.86. The number of amides is 2. The Kier molecular flexibility index (Phi) is 7.36. The quantitative estimate of drug-likeness (QED) is 0.624. The molecule has 3 aliphatic heterocycles. The van der Waals surface area contributed by atoms with Gasteiger partial charge in [0.05, 0.1) is 19.3 Å². The Labute approximate surface area is 209 Å². The van der Waals surface area contributed by atoms with Gasteiger partial charge in [0.25, 0.3) is 5.91 Å². The van der Waals surface area contributed by atoms with Crippen LogP contribution < -0.4 is 10.1 Å². The molecule has 5 rings (SSSR count). The van der Waals surface area contributed by atoms with E-state index in [0.29, 0.717) is 68.8 Å². The summed E-state index contributed by atoms with van der Waals surface area (Å²) in [4.78, 5) is 33.2. The molecule has 0 bridgehead atoms. The molecule has 4 heterocycles. The highest BCUT2D eigenvalue weighted by atomic mass is 35.5. The standard InChI is InChI=1S/C25H29ClN4O5/c26-19-3-1-17(2-4-19)13-28-24(31)22-12-23(18(14-27-22)15-29-7-9-33-10-8-29)35-21-5-6-30-20(11-21)16-34-25(30)32/h1-4,12,14,20-21H,5-11,13,15-16H2,(H,28,31)/t20-,21-/m0/s1. The summed E-state index contributed by atoms with van der Waals surface area (Å²) in [5.41, 5.74) is 2.18. The van der Waals surface area contributed by atoms with Crippen molar-refractivity contribution in [1.82, 2.24) is 20.1 Å². The monoisotopic (exact) mass is 500 g/mol. The Morgan fingerprint density at radius 2 is 2.00 bits per heavy atom. The van der Waals surface area contributed by atoms with Crippen molar-refractivity contribution < 1.29 is 23.8 Å². The van der Waals surface area contributed by atoms with Gasteiger partial charge in [0.2, 0.25) is 0 Å². The SMILES string of the molecule is O=C(NCc1ccc(Cl)cc1)c1cc(O[C@H]2CCN3C(=O)OC[C@@H]3C2)c(CN2CCOCC2)cn1. The highest BCUT2D eigenvalue weighted by molar-refractivity contribution is 6.30. The highest BCUT2D eigenvalue weighted by Crippen LogP contribution is 2.29. The van der Waals surface area contributed by atoms with Gasteiger partial charge in [-0.15, -0.1) is 0 Å². The van der Waals surface area contributed by atoms with Gasteiger partial charge in [-0.05, 0) is 17.7 Å². The molecule has 1 N–H and O–H groups in total. The first-order valence-corrected chi connectivity index (χ1v) is 12.3. The molecule has 0 saturated carbocycles. The second kappa shape index (κ2) is 10.8. The molecule has 2 aromatic rings. The topological polar surface area (TPSA) is 93.2 Å². The molecule has 0 aliphatic carbocycles. The summed E-state index contributed by atoms with van der Waals surface area (Å²) in [6.07, 6.45) is 2.83. The molecule has 0 spiro atoms. The Hall–Kier alpha value is -2.88. The minimum Gasteiger partial charge on any atom is -0.490 e. The van der Waals surface area contributed by atoms with E-state index in [1.807, 2.05) is 12.1 Å². The van der Waals surface area contributed by atoms with Crippen LogP contribution in [0.3, 0.4) is 0 Å². The zero-order chi connectivity index (χ0) is 24.2. The van der Waals surface area contributed by atoms with Crippen molar-refractivity contribution >= 4 is 23.6 Å². The zero-order valence-corrected chi connectivity index (χ0v) is 20.2. The number of piperidine rings is 1. The normalized spacial score (nSPS) is 22.4. The predicted octanol–water partition coefficient (Wildman–Crippen LogP) is 2.86. The van der Waals surface area contributed by atoms with Gasteiger partial charge < -0.3 is 24.4 Å². The molecule has 2 amide bonds. The lowest BCUT2D eigenvalue weighted by Crippen LogP contribution is -2.44. The molecule has 3 aliphatic rings. The smallest absolute Gasteiger partial charge is 0.410 e. The first-order valence-electron chi connectivity index (χ1n) is 12.0. The number of fused-ring (bicyclic) bond motifs is 1. The molecule has 9 nitrogen and oxygen atoms in total. The van der Waals surface area contributed by atoms with Crippen LogP contribution >= 0.6 is 11.6 Å². The third-order valence-corrected chi connectivity index (χ3v) is 6.89. The molecule has 1 aromatic heterocycles. The molecular weight excluding hydrogens is 472 g/mol. The van der Waals surface area contributed by atoms with E-state index in [4.69, 9.17) is 25.8 Å². The van der Waals surface area contributed by atoms with E-state index in [2.05, 4.69) is 15.2 Å². The fourth-order valence-electron chi connectivity index (χ4n) is 4.64. The fraction of sp³-hybridized carbons (Fsp3) is 0.480. The maximum Gasteiger partial charge on any atom is 0.410 e. The lowest BCUT2D eigenvalue weighted by atomic mass is 10.0. The number of nitrogens with one attached hydrogen (secondary N) is 1. The average Bonchev–Trinajstić information content (AvgIpc) is 3.25. The van der Waals surface area contributed by atoms with Gasteiger partial charge in [-0.2, -0.15) is 0 Å². The number of carbonyl (C=O) groups excluding carboxylic acids is 2. The van der Waals surface area contributed by atoms with Crippen molar-refractivity contribution in [3.63, 3.8) is 0 Å².